The van der Waals surface area contributed by atoms with Crippen LogP contribution >= 0.6 is 11.6 Å². The van der Waals surface area contributed by atoms with E-state index < -0.39 is 0 Å². The first-order valence-corrected chi connectivity index (χ1v) is 4.91. The zero-order valence-corrected chi connectivity index (χ0v) is 9.30. The third kappa shape index (κ3) is 2.36. The Labute approximate surface area is 93.0 Å². The average molecular weight is 227 g/mol. The van der Waals surface area contributed by atoms with E-state index in [1.54, 1.807) is 13.0 Å². The predicted octanol–water partition coefficient (Wildman–Crippen LogP) is 2.75. The molecule has 1 aromatic rings. The molecule has 1 rings (SSSR count). The fourth-order valence-electron chi connectivity index (χ4n) is 1.26. The number of halogens is 1. The number of hydrogen-bond donors (Lipinski definition) is 0. The number of rotatable bonds is 4. The molecule has 0 bridgehead atoms. The fourth-order valence-corrected chi connectivity index (χ4v) is 1.46. The van der Waals surface area contributed by atoms with Crippen molar-refractivity contribution in [3.8, 4) is 5.75 Å². The number of carbonyl (C=O) groups excluding carboxylic acids is 2. The summed E-state index contributed by atoms with van der Waals surface area (Å²) in [5.41, 5.74) is 0.606. The summed E-state index contributed by atoms with van der Waals surface area (Å²) in [6, 6.07) is 3.08. The second kappa shape index (κ2) is 4.94. The van der Waals surface area contributed by atoms with Gasteiger partial charge in [0, 0.05) is 0 Å². The summed E-state index contributed by atoms with van der Waals surface area (Å²) < 4.78 is 5.26. The minimum Gasteiger partial charge on any atom is -0.492 e. The van der Waals surface area contributed by atoms with Gasteiger partial charge in [0.1, 0.15) is 5.75 Å². The van der Waals surface area contributed by atoms with Crippen LogP contribution in [0, 0.1) is 0 Å². The molecule has 0 fully saturated rings. The van der Waals surface area contributed by atoms with Crippen molar-refractivity contribution in [2.45, 2.75) is 13.8 Å². The molecule has 0 saturated heterocycles. The lowest BCUT2D eigenvalue weighted by Crippen LogP contribution is -2.04. The molecule has 0 aromatic heterocycles. The lowest BCUT2D eigenvalue weighted by Gasteiger charge is -2.11. The van der Waals surface area contributed by atoms with Crippen LogP contribution < -0.4 is 4.74 Å². The Bertz CT molecular complexity index is 399. The minimum atomic E-state index is -0.154. The minimum absolute atomic E-state index is 0.154. The molecule has 0 unspecified atom stereocenters. The van der Waals surface area contributed by atoms with E-state index in [2.05, 4.69) is 0 Å². The van der Waals surface area contributed by atoms with Crippen LogP contribution in [0.4, 0.5) is 0 Å². The fraction of sp³-hybridized carbons (Fsp3) is 0.273. The summed E-state index contributed by atoms with van der Waals surface area (Å²) in [4.78, 5) is 22.1. The Morgan fingerprint density at radius 1 is 1.53 bits per heavy atom. The second-order valence-corrected chi connectivity index (χ2v) is 3.35. The molecule has 15 heavy (non-hydrogen) atoms. The van der Waals surface area contributed by atoms with Gasteiger partial charge in [-0.3, -0.25) is 9.59 Å². The summed E-state index contributed by atoms with van der Waals surface area (Å²) in [6.07, 6.45) is 0.597. The Morgan fingerprint density at radius 3 is 2.67 bits per heavy atom. The number of ketones is 1. The predicted molar refractivity (Wildman–Crippen MR) is 58.0 cm³/mol. The number of Topliss-reactive ketones (excluding diaryl/α,β-unsaturated/α-hetero) is 1. The van der Waals surface area contributed by atoms with Crippen LogP contribution in [0.1, 0.15) is 34.6 Å². The van der Waals surface area contributed by atoms with Crippen LogP contribution in [-0.2, 0) is 0 Å². The first-order chi connectivity index (χ1) is 7.11. The average Bonchev–Trinajstić information content (AvgIpc) is 2.18. The van der Waals surface area contributed by atoms with Crippen LogP contribution in [0.2, 0.25) is 5.02 Å². The smallest absolute Gasteiger partial charge is 0.163 e. The molecule has 0 heterocycles. The summed E-state index contributed by atoms with van der Waals surface area (Å²) >= 11 is 5.82. The maximum Gasteiger partial charge on any atom is 0.163 e. The van der Waals surface area contributed by atoms with Crippen molar-refractivity contribution in [1.82, 2.24) is 0 Å². The number of aldehydes is 1. The standard InChI is InChI=1S/C11H11ClO3/c1-3-15-11-8(7(2)14)4-5-10(12)9(11)6-13/h4-6H,3H2,1-2H3. The van der Waals surface area contributed by atoms with Gasteiger partial charge < -0.3 is 4.74 Å². The highest BCUT2D eigenvalue weighted by molar-refractivity contribution is 6.33. The monoisotopic (exact) mass is 226 g/mol. The number of benzene rings is 1. The van der Waals surface area contributed by atoms with E-state index in [1.165, 1.54) is 13.0 Å². The van der Waals surface area contributed by atoms with Gasteiger partial charge >= 0.3 is 0 Å². The first kappa shape index (κ1) is 11.7. The number of hydrogen-bond acceptors (Lipinski definition) is 3. The molecular formula is C11H11ClO3. The van der Waals surface area contributed by atoms with Crippen molar-refractivity contribution in [3.63, 3.8) is 0 Å². The zero-order chi connectivity index (χ0) is 11.4. The lowest BCUT2D eigenvalue weighted by atomic mass is 10.1. The molecule has 0 aliphatic carbocycles. The molecule has 0 spiro atoms. The van der Waals surface area contributed by atoms with Crippen molar-refractivity contribution in [2.24, 2.45) is 0 Å². The van der Waals surface area contributed by atoms with Crippen molar-refractivity contribution >= 4 is 23.7 Å². The van der Waals surface area contributed by atoms with Gasteiger partial charge in [0.15, 0.2) is 12.1 Å². The molecule has 0 N–H and O–H groups in total. The van der Waals surface area contributed by atoms with Crippen molar-refractivity contribution in [3.05, 3.63) is 28.3 Å². The number of ether oxygens (including phenoxy) is 1. The molecule has 1 aromatic carbocycles. The summed E-state index contributed by atoms with van der Waals surface area (Å²) in [6.45, 7) is 3.57. The van der Waals surface area contributed by atoms with Gasteiger partial charge in [-0.1, -0.05) is 11.6 Å². The summed E-state index contributed by atoms with van der Waals surface area (Å²) in [7, 11) is 0. The first-order valence-electron chi connectivity index (χ1n) is 4.53. The van der Waals surface area contributed by atoms with E-state index in [1.807, 2.05) is 0 Å². The molecule has 0 radical (unpaired) electrons. The zero-order valence-electron chi connectivity index (χ0n) is 8.54. The highest BCUT2D eigenvalue weighted by Gasteiger charge is 2.15. The maximum atomic E-state index is 11.3. The van der Waals surface area contributed by atoms with Gasteiger partial charge in [-0.2, -0.15) is 0 Å². The molecule has 0 saturated carbocycles. The van der Waals surface area contributed by atoms with E-state index in [9.17, 15) is 9.59 Å². The van der Waals surface area contributed by atoms with Crippen LogP contribution in [0.5, 0.6) is 5.75 Å². The molecule has 0 aliphatic heterocycles. The van der Waals surface area contributed by atoms with Gasteiger partial charge in [-0.25, -0.2) is 0 Å². The van der Waals surface area contributed by atoms with Crippen LogP contribution in [0.15, 0.2) is 12.1 Å². The normalized spacial score (nSPS) is 9.80. The summed E-state index contributed by atoms with van der Waals surface area (Å²) in [5.74, 6) is 0.116. The number of carbonyl (C=O) groups is 2. The second-order valence-electron chi connectivity index (χ2n) is 2.94. The van der Waals surface area contributed by atoms with Crippen molar-refractivity contribution in [2.75, 3.05) is 6.61 Å². The van der Waals surface area contributed by atoms with E-state index >= 15 is 0 Å². The SMILES string of the molecule is CCOc1c(C(C)=O)ccc(Cl)c1C=O. The Balaban J connectivity index is 3.41. The molecule has 0 atom stereocenters. The Kier molecular flexibility index (Phi) is 3.86. The van der Waals surface area contributed by atoms with Crippen molar-refractivity contribution in [1.29, 1.82) is 0 Å². The lowest BCUT2D eigenvalue weighted by molar-refractivity contribution is 0.101. The molecule has 3 nitrogen and oxygen atoms in total. The van der Waals surface area contributed by atoms with Gasteiger partial charge in [0.2, 0.25) is 0 Å². The summed E-state index contributed by atoms with van der Waals surface area (Å²) in [5, 5.41) is 0.290. The van der Waals surface area contributed by atoms with Gasteiger partial charge in [0.25, 0.3) is 0 Å². The molecule has 4 heteroatoms. The molecular weight excluding hydrogens is 216 g/mol. The quantitative estimate of drug-likeness (QED) is 0.586. The van der Waals surface area contributed by atoms with E-state index in [0.29, 0.717) is 23.5 Å². The molecule has 0 amide bonds. The van der Waals surface area contributed by atoms with Crippen LogP contribution in [0.3, 0.4) is 0 Å². The van der Waals surface area contributed by atoms with E-state index in [-0.39, 0.29) is 17.1 Å². The van der Waals surface area contributed by atoms with E-state index in [4.69, 9.17) is 16.3 Å². The van der Waals surface area contributed by atoms with Crippen LogP contribution in [0.25, 0.3) is 0 Å². The Hall–Kier alpha value is -1.35. The third-order valence-electron chi connectivity index (χ3n) is 1.93. The van der Waals surface area contributed by atoms with Gasteiger partial charge in [-0.15, -0.1) is 0 Å². The third-order valence-corrected chi connectivity index (χ3v) is 2.26. The van der Waals surface area contributed by atoms with Crippen LogP contribution in [-0.4, -0.2) is 18.7 Å². The van der Waals surface area contributed by atoms with Crippen molar-refractivity contribution < 1.29 is 14.3 Å². The van der Waals surface area contributed by atoms with Gasteiger partial charge in [-0.05, 0) is 26.0 Å². The highest BCUT2D eigenvalue weighted by Crippen LogP contribution is 2.29. The Morgan fingerprint density at radius 2 is 2.20 bits per heavy atom. The maximum absolute atomic E-state index is 11.3. The highest BCUT2D eigenvalue weighted by atomic mass is 35.5. The largest absolute Gasteiger partial charge is 0.492 e. The molecule has 0 aliphatic rings. The molecule has 80 valence electrons. The van der Waals surface area contributed by atoms with Gasteiger partial charge in [0.05, 0.1) is 22.8 Å². The topological polar surface area (TPSA) is 43.4 Å². The van der Waals surface area contributed by atoms with E-state index in [0.717, 1.165) is 0 Å².